The van der Waals surface area contributed by atoms with Crippen molar-refractivity contribution >= 4 is 17.7 Å². The highest BCUT2D eigenvalue weighted by Crippen LogP contribution is 2.34. The van der Waals surface area contributed by atoms with Gasteiger partial charge in [0, 0.05) is 11.3 Å². The Labute approximate surface area is 172 Å². The summed E-state index contributed by atoms with van der Waals surface area (Å²) in [6, 6.07) is 13.0. The summed E-state index contributed by atoms with van der Waals surface area (Å²) in [4.78, 5) is 12.6. The number of para-hydroxylation sites is 1. The smallest absolute Gasteiger partial charge is 0.266 e. The Morgan fingerprint density at radius 1 is 1.31 bits per heavy atom. The van der Waals surface area contributed by atoms with Crippen LogP contribution in [-0.4, -0.2) is 19.6 Å². The zero-order valence-electron chi connectivity index (χ0n) is 17.1. The number of ether oxygens (including phenoxy) is 2. The minimum Gasteiger partial charge on any atom is -0.493 e. The lowest BCUT2D eigenvalue weighted by molar-refractivity contribution is -0.112. The van der Waals surface area contributed by atoms with E-state index in [0.717, 1.165) is 17.5 Å². The molecule has 0 spiro atoms. The Morgan fingerprint density at radius 3 is 2.69 bits per heavy atom. The maximum atomic E-state index is 12.6. The number of benzene rings is 2. The summed E-state index contributed by atoms with van der Waals surface area (Å²) in [6.45, 7) is 8.29. The lowest BCUT2D eigenvalue weighted by Gasteiger charge is -2.15. The molecular formula is C24H26N2O3. The number of carbonyl (C=O) groups is 1. The summed E-state index contributed by atoms with van der Waals surface area (Å²) in [7, 11) is 1.56. The van der Waals surface area contributed by atoms with Crippen molar-refractivity contribution in [3.8, 4) is 17.6 Å². The first-order valence-electron chi connectivity index (χ1n) is 9.47. The van der Waals surface area contributed by atoms with Crippen molar-refractivity contribution in [2.24, 2.45) is 0 Å². The van der Waals surface area contributed by atoms with Crippen molar-refractivity contribution in [2.75, 3.05) is 19.0 Å². The lowest BCUT2D eigenvalue weighted by atomic mass is 10.0. The molecule has 0 aliphatic carbocycles. The van der Waals surface area contributed by atoms with E-state index in [1.807, 2.05) is 44.2 Å². The predicted octanol–water partition coefficient (Wildman–Crippen LogP) is 5.07. The van der Waals surface area contributed by atoms with E-state index in [2.05, 4.69) is 11.9 Å². The van der Waals surface area contributed by atoms with Gasteiger partial charge in [-0.3, -0.25) is 4.79 Å². The Kier molecular flexibility index (Phi) is 8.05. The third kappa shape index (κ3) is 5.73. The second kappa shape index (κ2) is 10.7. The number of aryl methyl sites for hydroxylation is 1. The third-order valence-electron chi connectivity index (χ3n) is 4.26. The molecule has 0 atom stereocenters. The molecule has 0 radical (unpaired) electrons. The maximum Gasteiger partial charge on any atom is 0.266 e. The van der Waals surface area contributed by atoms with Crippen LogP contribution in [0.5, 0.6) is 11.5 Å². The fraction of sp³-hybridized carbons (Fsp3) is 0.250. The summed E-state index contributed by atoms with van der Waals surface area (Å²) in [6.07, 6.45) is 4.77. The van der Waals surface area contributed by atoms with Crippen molar-refractivity contribution in [1.82, 2.24) is 0 Å². The first-order valence-corrected chi connectivity index (χ1v) is 9.47. The molecule has 2 aromatic carbocycles. The van der Waals surface area contributed by atoms with Gasteiger partial charge in [-0.05, 0) is 55.2 Å². The number of hydrogen-bond donors (Lipinski definition) is 1. The maximum absolute atomic E-state index is 12.6. The number of nitrogens with one attached hydrogen (secondary N) is 1. The number of nitriles is 1. The molecule has 0 fully saturated rings. The van der Waals surface area contributed by atoms with Gasteiger partial charge in [-0.1, -0.05) is 31.2 Å². The molecule has 0 aliphatic heterocycles. The molecule has 0 aromatic heterocycles. The SMILES string of the molecule is C=CCc1cc(/C=C(\C#N)C(=O)Nc2ccccc2C)cc(OC)c1OCCC. The van der Waals surface area contributed by atoms with Gasteiger partial charge >= 0.3 is 0 Å². The second-order valence-corrected chi connectivity index (χ2v) is 6.49. The highest BCUT2D eigenvalue weighted by Gasteiger charge is 2.15. The van der Waals surface area contributed by atoms with E-state index in [1.165, 1.54) is 0 Å². The van der Waals surface area contributed by atoms with E-state index < -0.39 is 5.91 Å². The standard InChI is InChI=1S/C24H26N2O3/c1-5-9-19-13-18(15-22(28-4)23(19)29-12-6-2)14-20(16-25)24(27)26-21-11-8-7-10-17(21)3/h5,7-8,10-11,13-15H,1,6,9,12H2,2-4H3,(H,26,27)/b20-14+. The van der Waals surface area contributed by atoms with Gasteiger partial charge < -0.3 is 14.8 Å². The number of hydrogen-bond acceptors (Lipinski definition) is 4. The molecule has 2 rings (SSSR count). The van der Waals surface area contributed by atoms with E-state index in [-0.39, 0.29) is 5.57 Å². The molecule has 0 saturated carbocycles. The van der Waals surface area contributed by atoms with E-state index >= 15 is 0 Å². The van der Waals surface area contributed by atoms with Crippen molar-refractivity contribution in [3.05, 3.63) is 71.3 Å². The fourth-order valence-electron chi connectivity index (χ4n) is 2.81. The third-order valence-corrected chi connectivity index (χ3v) is 4.26. The normalized spacial score (nSPS) is 10.8. The first kappa shape index (κ1) is 21.8. The van der Waals surface area contributed by atoms with Crippen LogP contribution < -0.4 is 14.8 Å². The van der Waals surface area contributed by atoms with Gasteiger partial charge in [0.15, 0.2) is 11.5 Å². The molecular weight excluding hydrogens is 364 g/mol. The average molecular weight is 390 g/mol. The van der Waals surface area contributed by atoms with E-state index in [1.54, 1.807) is 31.4 Å². The number of anilines is 1. The summed E-state index contributed by atoms with van der Waals surface area (Å²) in [5, 5.41) is 12.3. The molecule has 0 bridgehead atoms. The van der Waals surface area contributed by atoms with Crippen molar-refractivity contribution < 1.29 is 14.3 Å². The van der Waals surface area contributed by atoms with Crippen LogP contribution in [0.25, 0.3) is 6.08 Å². The monoisotopic (exact) mass is 390 g/mol. The topological polar surface area (TPSA) is 71.4 Å². The van der Waals surface area contributed by atoms with Crippen LogP contribution in [0.1, 0.15) is 30.0 Å². The Balaban J connectivity index is 2.40. The van der Waals surface area contributed by atoms with Crippen LogP contribution in [0.2, 0.25) is 0 Å². The largest absolute Gasteiger partial charge is 0.493 e. The van der Waals surface area contributed by atoms with Crippen molar-refractivity contribution in [3.63, 3.8) is 0 Å². The molecule has 5 heteroatoms. The zero-order chi connectivity index (χ0) is 21.2. The molecule has 29 heavy (non-hydrogen) atoms. The molecule has 0 unspecified atom stereocenters. The molecule has 0 saturated heterocycles. The quantitative estimate of drug-likeness (QED) is 0.369. The minimum atomic E-state index is -0.461. The molecule has 150 valence electrons. The average Bonchev–Trinajstić information content (AvgIpc) is 2.72. The number of rotatable bonds is 9. The van der Waals surface area contributed by atoms with E-state index in [9.17, 15) is 10.1 Å². The Hall–Kier alpha value is -3.52. The van der Waals surface area contributed by atoms with Gasteiger partial charge in [0.25, 0.3) is 5.91 Å². The minimum absolute atomic E-state index is 0.00193. The predicted molar refractivity (Wildman–Crippen MR) is 116 cm³/mol. The van der Waals surface area contributed by atoms with Crippen LogP contribution >= 0.6 is 0 Å². The second-order valence-electron chi connectivity index (χ2n) is 6.49. The number of methoxy groups -OCH3 is 1. The summed E-state index contributed by atoms with van der Waals surface area (Å²) in [5.74, 6) is 0.757. The van der Waals surface area contributed by atoms with Crippen molar-refractivity contribution in [1.29, 1.82) is 5.26 Å². The summed E-state index contributed by atoms with van der Waals surface area (Å²) < 4.78 is 11.3. The highest BCUT2D eigenvalue weighted by atomic mass is 16.5. The van der Waals surface area contributed by atoms with Gasteiger partial charge in [-0.2, -0.15) is 5.26 Å². The summed E-state index contributed by atoms with van der Waals surface area (Å²) in [5.41, 5.74) is 3.16. The van der Waals surface area contributed by atoms with E-state index in [4.69, 9.17) is 9.47 Å². The van der Waals surface area contributed by atoms with Gasteiger partial charge in [0.2, 0.25) is 0 Å². The van der Waals surface area contributed by atoms with Crippen LogP contribution in [0.4, 0.5) is 5.69 Å². The molecule has 0 heterocycles. The van der Waals surface area contributed by atoms with Gasteiger partial charge in [-0.15, -0.1) is 6.58 Å². The van der Waals surface area contributed by atoms with Gasteiger partial charge in [0.1, 0.15) is 11.6 Å². The molecule has 2 aromatic rings. The van der Waals surface area contributed by atoms with Crippen LogP contribution in [-0.2, 0) is 11.2 Å². The van der Waals surface area contributed by atoms with Crippen LogP contribution in [0, 0.1) is 18.3 Å². The van der Waals surface area contributed by atoms with Crippen LogP contribution in [0.3, 0.4) is 0 Å². The number of allylic oxidation sites excluding steroid dienone is 1. The van der Waals surface area contributed by atoms with Crippen molar-refractivity contribution in [2.45, 2.75) is 26.7 Å². The fourth-order valence-corrected chi connectivity index (χ4v) is 2.81. The molecule has 1 N–H and O–H groups in total. The first-order chi connectivity index (χ1) is 14.0. The van der Waals surface area contributed by atoms with Crippen LogP contribution in [0.15, 0.2) is 54.6 Å². The van der Waals surface area contributed by atoms with E-state index in [0.29, 0.717) is 35.8 Å². The Morgan fingerprint density at radius 2 is 2.07 bits per heavy atom. The molecule has 5 nitrogen and oxygen atoms in total. The van der Waals surface area contributed by atoms with Gasteiger partial charge in [-0.25, -0.2) is 0 Å². The lowest BCUT2D eigenvalue weighted by Crippen LogP contribution is -2.14. The Bertz CT molecular complexity index is 955. The zero-order valence-corrected chi connectivity index (χ0v) is 17.1. The number of nitrogens with zero attached hydrogens (tertiary/aromatic N) is 1. The number of amides is 1. The molecule has 1 amide bonds. The number of carbonyl (C=O) groups excluding carboxylic acids is 1. The van der Waals surface area contributed by atoms with Gasteiger partial charge in [0.05, 0.1) is 13.7 Å². The molecule has 0 aliphatic rings. The summed E-state index contributed by atoms with van der Waals surface area (Å²) >= 11 is 0. The highest BCUT2D eigenvalue weighted by molar-refractivity contribution is 6.10.